The van der Waals surface area contributed by atoms with E-state index < -0.39 is 0 Å². The highest BCUT2D eigenvalue weighted by Crippen LogP contribution is 2.41. The molecule has 7 heteroatoms. The van der Waals surface area contributed by atoms with Crippen molar-refractivity contribution >= 4 is 52.4 Å². The van der Waals surface area contributed by atoms with E-state index in [4.69, 9.17) is 11.6 Å². The second-order valence-corrected chi connectivity index (χ2v) is 7.75. The lowest BCUT2D eigenvalue weighted by molar-refractivity contribution is 0.0990. The number of rotatable bonds is 2. The van der Waals surface area contributed by atoms with Crippen molar-refractivity contribution in [2.24, 2.45) is 0 Å². The van der Waals surface area contributed by atoms with E-state index in [1.807, 2.05) is 36.4 Å². The number of hydrogen-bond acceptors (Lipinski definition) is 3. The molecule has 3 amide bonds. The van der Waals surface area contributed by atoms with Crippen molar-refractivity contribution in [2.45, 2.75) is 9.79 Å². The van der Waals surface area contributed by atoms with Gasteiger partial charge in [0.15, 0.2) is 0 Å². The molecular weight excluding hydrogens is 394 g/mol. The van der Waals surface area contributed by atoms with Crippen molar-refractivity contribution in [3.05, 3.63) is 77.3 Å². The molecule has 0 atom stereocenters. The van der Waals surface area contributed by atoms with E-state index in [2.05, 4.69) is 10.6 Å². The van der Waals surface area contributed by atoms with Gasteiger partial charge in [0, 0.05) is 33.2 Å². The zero-order chi connectivity index (χ0) is 19.7. The number of halogens is 1. The summed E-state index contributed by atoms with van der Waals surface area (Å²) in [7, 11) is 1.74. The Morgan fingerprint density at radius 1 is 0.929 bits per heavy atom. The molecule has 1 aliphatic heterocycles. The van der Waals surface area contributed by atoms with Crippen LogP contribution >= 0.6 is 23.4 Å². The molecule has 5 nitrogen and oxygen atoms in total. The fourth-order valence-corrected chi connectivity index (χ4v) is 4.22. The molecule has 0 spiro atoms. The van der Waals surface area contributed by atoms with Gasteiger partial charge in [0.1, 0.15) is 0 Å². The molecule has 1 aliphatic rings. The Hall–Kier alpha value is -2.96. The van der Waals surface area contributed by atoms with Crippen LogP contribution in [0.3, 0.4) is 0 Å². The monoisotopic (exact) mass is 409 g/mol. The van der Waals surface area contributed by atoms with Gasteiger partial charge in [-0.15, -0.1) is 0 Å². The van der Waals surface area contributed by atoms with E-state index in [9.17, 15) is 9.59 Å². The van der Waals surface area contributed by atoms with Crippen LogP contribution in [0.25, 0.3) is 0 Å². The van der Waals surface area contributed by atoms with E-state index in [0.717, 1.165) is 15.5 Å². The molecule has 140 valence electrons. The highest BCUT2D eigenvalue weighted by atomic mass is 35.5. The molecule has 0 bridgehead atoms. The Bertz CT molecular complexity index is 1090. The maximum absolute atomic E-state index is 12.8. The zero-order valence-electron chi connectivity index (χ0n) is 14.9. The molecule has 3 aromatic carbocycles. The zero-order valence-corrected chi connectivity index (χ0v) is 16.5. The predicted octanol–water partition coefficient (Wildman–Crippen LogP) is 5.73. The van der Waals surface area contributed by atoms with Crippen molar-refractivity contribution in [2.75, 3.05) is 22.6 Å². The number of hydrogen-bond donors (Lipinski definition) is 2. The minimum Gasteiger partial charge on any atom is -0.310 e. The van der Waals surface area contributed by atoms with E-state index >= 15 is 0 Å². The summed E-state index contributed by atoms with van der Waals surface area (Å²) in [5, 5.41) is 6.08. The number of fused-ring (bicyclic) bond motifs is 2. The molecule has 0 unspecified atom stereocenters. The van der Waals surface area contributed by atoms with Crippen LogP contribution in [-0.2, 0) is 0 Å². The molecule has 3 aromatic rings. The van der Waals surface area contributed by atoms with Crippen LogP contribution in [0.1, 0.15) is 10.4 Å². The van der Waals surface area contributed by atoms with Gasteiger partial charge in [-0.3, -0.25) is 4.79 Å². The van der Waals surface area contributed by atoms with Crippen molar-refractivity contribution in [3.63, 3.8) is 0 Å². The summed E-state index contributed by atoms with van der Waals surface area (Å²) in [5.74, 6) is -0.0811. The predicted molar refractivity (Wildman–Crippen MR) is 114 cm³/mol. The van der Waals surface area contributed by atoms with Crippen LogP contribution in [0.5, 0.6) is 0 Å². The molecule has 28 heavy (non-hydrogen) atoms. The van der Waals surface area contributed by atoms with Crippen LogP contribution < -0.4 is 15.5 Å². The topological polar surface area (TPSA) is 61.4 Å². The lowest BCUT2D eigenvalue weighted by Gasteiger charge is -2.18. The number of anilines is 3. The second-order valence-electron chi connectivity index (χ2n) is 6.23. The molecule has 0 aromatic heterocycles. The maximum atomic E-state index is 12.8. The summed E-state index contributed by atoms with van der Waals surface area (Å²) in [6.45, 7) is 0. The molecule has 0 saturated heterocycles. The van der Waals surface area contributed by atoms with Crippen LogP contribution in [0.2, 0.25) is 5.02 Å². The van der Waals surface area contributed by atoms with Crippen molar-refractivity contribution in [1.29, 1.82) is 0 Å². The first kappa shape index (κ1) is 18.4. The molecule has 0 saturated carbocycles. The maximum Gasteiger partial charge on any atom is 0.323 e. The fourth-order valence-electron chi connectivity index (χ4n) is 2.94. The summed E-state index contributed by atoms with van der Waals surface area (Å²) in [5.41, 5.74) is 2.59. The van der Waals surface area contributed by atoms with Crippen molar-refractivity contribution in [3.8, 4) is 0 Å². The molecule has 0 fully saturated rings. The number of carbonyl (C=O) groups is 2. The first-order chi connectivity index (χ1) is 13.5. The van der Waals surface area contributed by atoms with E-state index in [0.29, 0.717) is 22.0 Å². The quantitative estimate of drug-likeness (QED) is 0.568. The van der Waals surface area contributed by atoms with Gasteiger partial charge in [-0.25, -0.2) is 4.79 Å². The average Bonchev–Trinajstić information content (AvgIpc) is 2.78. The minimum atomic E-state index is -0.388. The van der Waals surface area contributed by atoms with Crippen molar-refractivity contribution < 1.29 is 9.59 Å². The summed E-state index contributed by atoms with van der Waals surface area (Å²) >= 11 is 7.48. The Balaban J connectivity index is 1.57. The third-order valence-electron chi connectivity index (χ3n) is 4.30. The van der Waals surface area contributed by atoms with Crippen molar-refractivity contribution in [1.82, 2.24) is 0 Å². The van der Waals surface area contributed by atoms with Crippen LogP contribution in [0, 0.1) is 0 Å². The van der Waals surface area contributed by atoms with Gasteiger partial charge in [-0.2, -0.15) is 0 Å². The number of carbonyl (C=O) groups excluding carboxylic acids is 2. The molecule has 4 rings (SSSR count). The minimum absolute atomic E-state index is 0.0811. The van der Waals surface area contributed by atoms with Crippen LogP contribution in [0.4, 0.5) is 21.9 Å². The Morgan fingerprint density at radius 3 is 2.46 bits per heavy atom. The lowest BCUT2D eigenvalue weighted by atomic mass is 10.2. The van der Waals surface area contributed by atoms with Gasteiger partial charge >= 0.3 is 6.03 Å². The fraction of sp³-hybridized carbons (Fsp3) is 0.0476. The number of amides is 3. The second kappa shape index (κ2) is 7.58. The molecule has 2 N–H and O–H groups in total. The normalized spacial score (nSPS) is 12.6. The first-order valence-electron chi connectivity index (χ1n) is 8.54. The van der Waals surface area contributed by atoms with Gasteiger partial charge < -0.3 is 15.5 Å². The number of benzene rings is 3. The molecule has 0 aliphatic carbocycles. The van der Waals surface area contributed by atoms with E-state index in [1.165, 1.54) is 11.8 Å². The van der Waals surface area contributed by atoms with Gasteiger partial charge in [0.2, 0.25) is 0 Å². The Kier molecular flexibility index (Phi) is 4.98. The van der Waals surface area contributed by atoms with E-state index in [1.54, 1.807) is 42.3 Å². The largest absolute Gasteiger partial charge is 0.323 e. The lowest BCUT2D eigenvalue weighted by Crippen LogP contribution is -2.26. The van der Waals surface area contributed by atoms with Crippen LogP contribution in [0.15, 0.2) is 76.5 Å². The smallest absolute Gasteiger partial charge is 0.310 e. The Labute approximate surface area is 171 Å². The van der Waals surface area contributed by atoms with Gasteiger partial charge in [0.05, 0.1) is 11.3 Å². The highest BCUT2D eigenvalue weighted by molar-refractivity contribution is 7.99. The summed E-state index contributed by atoms with van der Waals surface area (Å²) in [6.07, 6.45) is 0. The third kappa shape index (κ3) is 3.69. The number of nitrogens with one attached hydrogen (secondary N) is 2. The van der Waals surface area contributed by atoms with Gasteiger partial charge in [0.25, 0.3) is 5.91 Å². The average molecular weight is 410 g/mol. The van der Waals surface area contributed by atoms with Gasteiger partial charge in [-0.05, 0) is 48.5 Å². The number of urea groups is 1. The molecule has 1 heterocycles. The highest BCUT2D eigenvalue weighted by Gasteiger charge is 2.24. The SMILES string of the molecule is CN1C(=O)c2ccccc2Sc2ccc(NC(=O)Nc3cccc(Cl)c3)cc21. The Morgan fingerprint density at radius 2 is 1.68 bits per heavy atom. The summed E-state index contributed by atoms with van der Waals surface area (Å²) in [6, 6.07) is 19.6. The van der Waals surface area contributed by atoms with Gasteiger partial charge in [-0.1, -0.05) is 41.6 Å². The number of nitrogens with zero attached hydrogens (tertiary/aromatic N) is 1. The third-order valence-corrected chi connectivity index (χ3v) is 5.68. The first-order valence-corrected chi connectivity index (χ1v) is 9.73. The van der Waals surface area contributed by atoms with E-state index in [-0.39, 0.29) is 11.9 Å². The molecule has 0 radical (unpaired) electrons. The van der Waals surface area contributed by atoms with Crippen LogP contribution in [-0.4, -0.2) is 19.0 Å². The standard InChI is InChI=1S/C21H16ClN3O2S/c1-25-17-12-15(24-21(27)23-14-6-4-5-13(22)11-14)9-10-19(17)28-18-8-3-2-7-16(18)20(25)26/h2-12H,1H3,(H2,23,24,27). The summed E-state index contributed by atoms with van der Waals surface area (Å²) in [4.78, 5) is 28.6. The molecular formula is C21H16ClN3O2S. The summed E-state index contributed by atoms with van der Waals surface area (Å²) < 4.78 is 0.